The van der Waals surface area contributed by atoms with Gasteiger partial charge in [-0.3, -0.25) is 10.2 Å². The van der Waals surface area contributed by atoms with Crippen LogP contribution in [0.15, 0.2) is 52.1 Å². The highest BCUT2D eigenvalue weighted by atomic mass is 16.5. The Morgan fingerprint density at radius 3 is 2.91 bits per heavy atom. The third kappa shape index (κ3) is 2.14. The van der Waals surface area contributed by atoms with E-state index in [1.54, 1.807) is 6.21 Å². The van der Waals surface area contributed by atoms with Crippen molar-refractivity contribution in [2.24, 2.45) is 10.7 Å². The maximum Gasteiger partial charge on any atom is 0.0925 e. The number of aromatic nitrogens is 1. The molecule has 0 fully saturated rings. The number of rotatable bonds is 2. The highest BCUT2D eigenvalue weighted by Crippen LogP contribution is 2.41. The van der Waals surface area contributed by atoms with Gasteiger partial charge >= 0.3 is 0 Å². The molecule has 4 rings (SSSR count). The van der Waals surface area contributed by atoms with E-state index >= 15 is 0 Å². The molecule has 0 atom stereocenters. The summed E-state index contributed by atoms with van der Waals surface area (Å²) in [4.78, 5) is 4.47. The van der Waals surface area contributed by atoms with E-state index in [9.17, 15) is 5.21 Å². The molecule has 1 aromatic rings. The molecule has 0 amide bonds. The fourth-order valence-electron chi connectivity index (χ4n) is 3.47. The third-order valence-corrected chi connectivity index (χ3v) is 4.65. The van der Waals surface area contributed by atoms with E-state index < -0.39 is 0 Å². The Labute approximate surface area is 129 Å². The summed E-state index contributed by atoms with van der Waals surface area (Å²) in [6.07, 6.45) is 12.2. The van der Waals surface area contributed by atoms with Crippen LogP contribution in [0.5, 0.6) is 0 Å². The van der Waals surface area contributed by atoms with Gasteiger partial charge in [-0.25, -0.2) is 5.06 Å². The Morgan fingerprint density at radius 1 is 1.23 bits per heavy atom. The summed E-state index contributed by atoms with van der Waals surface area (Å²) in [6, 6.07) is 2.06. The van der Waals surface area contributed by atoms with E-state index in [1.165, 1.54) is 16.3 Å². The Hall–Kier alpha value is -2.11. The van der Waals surface area contributed by atoms with Crippen LogP contribution in [0.4, 0.5) is 0 Å². The van der Waals surface area contributed by atoms with Gasteiger partial charge in [-0.1, -0.05) is 5.57 Å². The molecule has 0 spiro atoms. The first-order valence-corrected chi connectivity index (χ1v) is 7.78. The minimum absolute atomic E-state index is 0.458. The Balaban J connectivity index is 1.75. The van der Waals surface area contributed by atoms with Gasteiger partial charge in [-0.05, 0) is 43.4 Å². The van der Waals surface area contributed by atoms with Crippen molar-refractivity contribution in [2.45, 2.75) is 32.2 Å². The van der Waals surface area contributed by atoms with E-state index in [4.69, 9.17) is 5.73 Å². The number of hydroxylamine groups is 2. The highest BCUT2D eigenvalue weighted by Gasteiger charge is 2.28. The molecule has 0 saturated heterocycles. The molecule has 0 aromatic carbocycles. The summed E-state index contributed by atoms with van der Waals surface area (Å²) in [7, 11) is 0. The van der Waals surface area contributed by atoms with Crippen LogP contribution in [-0.2, 0) is 6.54 Å². The van der Waals surface area contributed by atoms with Crippen LogP contribution in [0.25, 0.3) is 5.70 Å². The summed E-state index contributed by atoms with van der Waals surface area (Å²) in [6.45, 7) is 1.02. The lowest BCUT2D eigenvalue weighted by molar-refractivity contribution is -0.0392. The maximum absolute atomic E-state index is 10.2. The van der Waals surface area contributed by atoms with Crippen LogP contribution in [0, 0.1) is 0 Å². The standard InChI is InChI=1S/C17H20N4O/c18-10-12-5-7-20(11-12)14-3-1-13-2-4-16-17(15(13)9-14)21(22)8-6-19-16/h5-7,9,11,22H,1-4,8,10,18H2. The second-order valence-electron chi connectivity index (χ2n) is 5.97. The molecule has 5 heteroatoms. The lowest BCUT2D eigenvalue weighted by atomic mass is 9.85. The minimum Gasteiger partial charge on any atom is -0.327 e. The average Bonchev–Trinajstić information content (AvgIpc) is 3.03. The van der Waals surface area contributed by atoms with Crippen molar-refractivity contribution in [1.29, 1.82) is 0 Å². The second kappa shape index (κ2) is 5.26. The van der Waals surface area contributed by atoms with Crippen molar-refractivity contribution in [3.63, 3.8) is 0 Å². The topological polar surface area (TPSA) is 66.8 Å². The molecule has 1 aliphatic heterocycles. The zero-order valence-electron chi connectivity index (χ0n) is 12.5. The van der Waals surface area contributed by atoms with Crippen LogP contribution in [0.3, 0.4) is 0 Å². The average molecular weight is 296 g/mol. The van der Waals surface area contributed by atoms with Gasteiger partial charge in [-0.2, -0.15) is 0 Å². The normalized spacial score (nSPS) is 21.0. The third-order valence-electron chi connectivity index (χ3n) is 4.65. The van der Waals surface area contributed by atoms with Crippen molar-refractivity contribution in [1.82, 2.24) is 9.63 Å². The van der Waals surface area contributed by atoms with Gasteiger partial charge in [0.05, 0.1) is 17.9 Å². The molecule has 2 aliphatic carbocycles. The highest BCUT2D eigenvalue weighted by molar-refractivity contribution is 5.68. The van der Waals surface area contributed by atoms with Gasteiger partial charge in [0, 0.05) is 36.4 Å². The predicted molar refractivity (Wildman–Crippen MR) is 86.1 cm³/mol. The summed E-state index contributed by atoms with van der Waals surface area (Å²) in [5, 5.41) is 11.6. The zero-order valence-corrected chi connectivity index (χ0v) is 12.5. The Bertz CT molecular complexity index is 736. The Kier molecular flexibility index (Phi) is 3.24. The fourth-order valence-corrected chi connectivity index (χ4v) is 3.47. The predicted octanol–water partition coefficient (Wildman–Crippen LogP) is 2.66. The first-order chi connectivity index (χ1) is 10.8. The van der Waals surface area contributed by atoms with E-state index in [0.29, 0.717) is 13.1 Å². The van der Waals surface area contributed by atoms with Crippen LogP contribution in [0.1, 0.15) is 31.2 Å². The lowest BCUT2D eigenvalue weighted by Gasteiger charge is -2.33. The molecule has 0 saturated carbocycles. The summed E-state index contributed by atoms with van der Waals surface area (Å²) in [5.74, 6) is 0. The van der Waals surface area contributed by atoms with Gasteiger partial charge in [-0.15, -0.1) is 0 Å². The largest absolute Gasteiger partial charge is 0.327 e. The molecule has 3 aliphatic rings. The lowest BCUT2D eigenvalue weighted by Crippen LogP contribution is -2.29. The number of hydrogen-bond donors (Lipinski definition) is 2. The number of nitrogens with two attached hydrogens (primary N) is 1. The quantitative estimate of drug-likeness (QED) is 0.881. The number of hydrogen-bond acceptors (Lipinski definition) is 4. The smallest absolute Gasteiger partial charge is 0.0925 e. The summed E-state index contributed by atoms with van der Waals surface area (Å²) < 4.78 is 2.15. The molecule has 5 nitrogen and oxygen atoms in total. The second-order valence-corrected chi connectivity index (χ2v) is 5.97. The molecular formula is C17H20N4O. The Morgan fingerprint density at radius 2 is 2.09 bits per heavy atom. The SMILES string of the molecule is NCc1ccn(C2=CC3=C(CC2)CCC2=C3N(O)CC=N2)c1. The van der Waals surface area contributed by atoms with Crippen LogP contribution in [-0.4, -0.2) is 27.6 Å². The van der Waals surface area contributed by atoms with Crippen molar-refractivity contribution in [3.05, 3.63) is 52.6 Å². The molecule has 3 N–H and O–H groups in total. The van der Waals surface area contributed by atoms with Crippen LogP contribution < -0.4 is 5.73 Å². The molecule has 22 heavy (non-hydrogen) atoms. The van der Waals surface area contributed by atoms with E-state index in [2.05, 4.69) is 34.1 Å². The number of fused-ring (bicyclic) bond motifs is 1. The van der Waals surface area contributed by atoms with Gasteiger partial charge < -0.3 is 10.3 Å². The van der Waals surface area contributed by atoms with Crippen molar-refractivity contribution < 1.29 is 5.21 Å². The van der Waals surface area contributed by atoms with Crippen LogP contribution >= 0.6 is 0 Å². The van der Waals surface area contributed by atoms with Crippen molar-refractivity contribution in [2.75, 3.05) is 6.54 Å². The molecule has 2 heterocycles. The number of allylic oxidation sites excluding steroid dienone is 4. The first kappa shape index (κ1) is 13.5. The number of aliphatic imine (C=N–C) groups is 1. The first-order valence-electron chi connectivity index (χ1n) is 7.78. The van der Waals surface area contributed by atoms with Crippen molar-refractivity contribution in [3.8, 4) is 0 Å². The van der Waals surface area contributed by atoms with E-state index in [1.807, 2.05) is 0 Å². The summed E-state index contributed by atoms with van der Waals surface area (Å²) >= 11 is 0. The molecule has 0 unspecified atom stereocenters. The van der Waals surface area contributed by atoms with Crippen LogP contribution in [0.2, 0.25) is 0 Å². The van der Waals surface area contributed by atoms with Gasteiger partial charge in [0.1, 0.15) is 0 Å². The van der Waals surface area contributed by atoms with Gasteiger partial charge in [0.15, 0.2) is 0 Å². The molecule has 0 bridgehead atoms. The monoisotopic (exact) mass is 296 g/mol. The van der Waals surface area contributed by atoms with E-state index in [-0.39, 0.29) is 0 Å². The van der Waals surface area contributed by atoms with E-state index in [0.717, 1.165) is 48.2 Å². The zero-order chi connectivity index (χ0) is 15.1. The van der Waals surface area contributed by atoms with Gasteiger partial charge in [0.25, 0.3) is 0 Å². The minimum atomic E-state index is 0.458. The van der Waals surface area contributed by atoms with Crippen molar-refractivity contribution >= 4 is 11.9 Å². The molecule has 0 radical (unpaired) electrons. The molecule has 1 aromatic heterocycles. The molecule has 114 valence electrons. The molecular weight excluding hydrogens is 276 g/mol. The summed E-state index contributed by atoms with van der Waals surface area (Å²) in [5.41, 5.74) is 12.6. The van der Waals surface area contributed by atoms with Gasteiger partial charge in [0.2, 0.25) is 0 Å². The fraction of sp³-hybridized carbons (Fsp3) is 0.353. The number of nitrogens with zero attached hydrogens (tertiary/aromatic N) is 3. The maximum atomic E-state index is 10.2.